The zero-order valence-corrected chi connectivity index (χ0v) is 50.2. The average Bonchev–Trinajstić information content (AvgIpc) is 1.64. The summed E-state index contributed by atoms with van der Waals surface area (Å²) >= 11 is 0. The predicted octanol–water partition coefficient (Wildman–Crippen LogP) is 17.2. The Balaban J connectivity index is 0.970. The minimum atomic E-state index is -0.506. The van der Waals surface area contributed by atoms with Gasteiger partial charge in [-0.15, -0.1) is 0 Å². The molecule has 0 N–H and O–H groups in total. The standard InChI is InChI=1S/C75H66B2N6O4/c1-72(2)73(3,4)85-76(84-72)57-33-41-61(42-34-57)81(59-37-29-53(30-38-59)51-21-13-9-14-22-51)63-45-47-67-65(49-63)66-50-64(46-48-68(66)83(67)71-79-69(55-25-17-11-18-26-55)78-70(80-71)56-27-19-12-20-28-56)82(60-39-31-54(32-40-60)52-23-15-10-16-24-52)62-43-35-58(36-44-62)77-86-74(5,6)75(7,8)87-77/h9-50H,1-8H3. The highest BCUT2D eigenvalue weighted by Gasteiger charge is 2.53. The van der Waals surface area contributed by atoms with Gasteiger partial charge in [0, 0.05) is 56.0 Å². The SMILES string of the molecule is CC1(C)OB(c2ccc(N(c3ccc(-c4ccccc4)cc3)c3ccc4c(c3)c3cc(N(c5ccc(B6OC(C)(C)C(C)(C)O6)cc5)c5ccc(-c6ccccc6)cc5)ccc3n4-c3nc(-c4ccccc4)nc(-c4ccccc4)n3)cc2)OC1(C)C. The lowest BCUT2D eigenvalue weighted by molar-refractivity contribution is 0.00578. The number of nitrogens with zero attached hydrogens (tertiary/aromatic N) is 6. The van der Waals surface area contributed by atoms with Crippen LogP contribution in [-0.4, -0.2) is 56.2 Å². The first-order chi connectivity index (χ1) is 42.1. The number of benzene rings is 10. The topological polar surface area (TPSA) is 87.0 Å². The van der Waals surface area contributed by atoms with Crippen LogP contribution in [0.2, 0.25) is 0 Å². The summed E-state index contributed by atoms with van der Waals surface area (Å²) in [6.45, 7) is 16.7. The van der Waals surface area contributed by atoms with Crippen molar-refractivity contribution >= 4 is 81.1 Å². The molecule has 2 aliphatic rings. The van der Waals surface area contributed by atoms with Crippen LogP contribution in [0, 0.1) is 0 Å². The summed E-state index contributed by atoms with van der Waals surface area (Å²) in [7, 11) is -1.01. The van der Waals surface area contributed by atoms with Crippen LogP contribution in [-0.2, 0) is 18.6 Å². The van der Waals surface area contributed by atoms with Gasteiger partial charge in [-0.25, -0.2) is 4.98 Å². The van der Waals surface area contributed by atoms with Gasteiger partial charge in [0.05, 0.1) is 33.4 Å². The third-order valence-electron chi connectivity index (χ3n) is 18.0. The molecule has 0 saturated carbocycles. The number of fused-ring (bicyclic) bond motifs is 3. The van der Waals surface area contributed by atoms with E-state index >= 15 is 0 Å². The van der Waals surface area contributed by atoms with Gasteiger partial charge >= 0.3 is 14.2 Å². The molecule has 12 heteroatoms. The molecule has 14 rings (SSSR count). The van der Waals surface area contributed by atoms with Crippen molar-refractivity contribution in [1.29, 1.82) is 0 Å². The third-order valence-corrected chi connectivity index (χ3v) is 18.0. The lowest BCUT2D eigenvalue weighted by atomic mass is 9.79. The van der Waals surface area contributed by atoms with E-state index in [-0.39, 0.29) is 0 Å². The zero-order chi connectivity index (χ0) is 59.7. The van der Waals surface area contributed by atoms with Crippen molar-refractivity contribution in [2.75, 3.05) is 9.80 Å². The van der Waals surface area contributed by atoms with Gasteiger partial charge in [-0.1, -0.05) is 170 Å². The predicted molar refractivity (Wildman–Crippen MR) is 357 cm³/mol. The summed E-state index contributed by atoms with van der Waals surface area (Å²) in [5.74, 6) is 1.65. The summed E-state index contributed by atoms with van der Waals surface area (Å²) in [6.07, 6.45) is 0. The van der Waals surface area contributed by atoms with E-state index in [9.17, 15) is 0 Å². The molecule has 10 aromatic carbocycles. The molecule has 0 spiro atoms. The van der Waals surface area contributed by atoms with Gasteiger partial charge in [-0.2, -0.15) is 9.97 Å². The fraction of sp³-hybridized carbons (Fsp3) is 0.160. The van der Waals surface area contributed by atoms with Crippen LogP contribution >= 0.6 is 0 Å². The smallest absolute Gasteiger partial charge is 0.399 e. The summed E-state index contributed by atoms with van der Waals surface area (Å²) in [5.41, 5.74) is 14.0. The highest BCUT2D eigenvalue weighted by Crippen LogP contribution is 2.45. The average molecular weight is 1140 g/mol. The van der Waals surface area contributed by atoms with Crippen molar-refractivity contribution in [1.82, 2.24) is 19.5 Å². The fourth-order valence-electron chi connectivity index (χ4n) is 11.7. The molecule has 4 heterocycles. The van der Waals surface area contributed by atoms with Gasteiger partial charge in [0.1, 0.15) is 0 Å². The van der Waals surface area contributed by atoms with Crippen LogP contribution < -0.4 is 20.7 Å². The Morgan fingerprint density at radius 1 is 0.299 bits per heavy atom. The Bertz CT molecular complexity index is 4140. The Hall–Kier alpha value is -9.42. The van der Waals surface area contributed by atoms with Crippen LogP contribution in [0.25, 0.3) is 72.8 Å². The molecule has 0 atom stereocenters. The second kappa shape index (κ2) is 21.8. The Labute approximate surface area is 510 Å². The minimum absolute atomic E-state index is 0.477. The number of hydrogen-bond acceptors (Lipinski definition) is 9. The van der Waals surface area contributed by atoms with Crippen molar-refractivity contribution in [3.63, 3.8) is 0 Å². The monoisotopic (exact) mass is 1140 g/mol. The second-order valence-corrected chi connectivity index (χ2v) is 24.6. The summed E-state index contributed by atoms with van der Waals surface area (Å²) in [4.78, 5) is 20.4. The van der Waals surface area contributed by atoms with Crippen molar-refractivity contribution in [3.8, 4) is 51.0 Å². The zero-order valence-electron chi connectivity index (χ0n) is 50.2. The molecule has 0 bridgehead atoms. The van der Waals surface area contributed by atoms with Gasteiger partial charge in [-0.05, 0) is 173 Å². The molecule has 0 aliphatic carbocycles. The summed E-state index contributed by atoms with van der Waals surface area (Å²) in [6, 6.07) is 89.5. The van der Waals surface area contributed by atoms with Crippen LogP contribution in [0.3, 0.4) is 0 Å². The minimum Gasteiger partial charge on any atom is -0.399 e. The number of rotatable bonds is 13. The molecule has 87 heavy (non-hydrogen) atoms. The second-order valence-electron chi connectivity index (χ2n) is 24.6. The lowest BCUT2D eigenvalue weighted by Gasteiger charge is -2.32. The highest BCUT2D eigenvalue weighted by molar-refractivity contribution is 6.62. The maximum Gasteiger partial charge on any atom is 0.494 e. The van der Waals surface area contributed by atoms with E-state index in [1.54, 1.807) is 0 Å². The molecular weight excluding hydrogens is 1070 g/mol. The number of anilines is 6. The van der Waals surface area contributed by atoms with Crippen molar-refractivity contribution < 1.29 is 18.6 Å². The van der Waals surface area contributed by atoms with Gasteiger partial charge in [0.25, 0.3) is 0 Å². The molecule has 12 aromatic rings. The molecule has 0 amide bonds. The molecule has 10 nitrogen and oxygen atoms in total. The van der Waals surface area contributed by atoms with Gasteiger partial charge < -0.3 is 28.4 Å². The van der Waals surface area contributed by atoms with E-state index in [0.717, 1.165) is 100 Å². The number of hydrogen-bond donors (Lipinski definition) is 0. The first kappa shape index (κ1) is 55.5. The van der Waals surface area contributed by atoms with Gasteiger partial charge in [-0.3, -0.25) is 4.57 Å². The molecule has 0 unspecified atom stereocenters. The quantitative estimate of drug-likeness (QED) is 0.105. The molecule has 0 radical (unpaired) electrons. The molecule has 2 aliphatic heterocycles. The van der Waals surface area contributed by atoms with E-state index in [1.165, 1.54) is 0 Å². The van der Waals surface area contributed by atoms with E-state index in [2.05, 4.69) is 264 Å². The Kier molecular flexibility index (Phi) is 13.9. The normalized spacial score (nSPS) is 15.7. The van der Waals surface area contributed by atoms with E-state index in [1.807, 2.05) is 60.7 Å². The summed E-state index contributed by atoms with van der Waals surface area (Å²) in [5, 5.41) is 2.00. The Morgan fingerprint density at radius 2 is 0.575 bits per heavy atom. The van der Waals surface area contributed by atoms with E-state index < -0.39 is 36.6 Å². The Morgan fingerprint density at radius 3 is 0.897 bits per heavy atom. The van der Waals surface area contributed by atoms with Crippen LogP contribution in [0.1, 0.15) is 55.4 Å². The van der Waals surface area contributed by atoms with E-state index in [4.69, 9.17) is 33.6 Å². The van der Waals surface area contributed by atoms with Crippen molar-refractivity contribution in [2.45, 2.75) is 77.8 Å². The van der Waals surface area contributed by atoms with Gasteiger partial charge in [0.2, 0.25) is 5.95 Å². The molecule has 426 valence electrons. The summed E-state index contributed by atoms with van der Waals surface area (Å²) < 4.78 is 28.4. The van der Waals surface area contributed by atoms with Gasteiger partial charge in [0.15, 0.2) is 11.6 Å². The fourth-order valence-corrected chi connectivity index (χ4v) is 11.7. The first-order valence-corrected chi connectivity index (χ1v) is 29.8. The molecule has 2 saturated heterocycles. The molecule has 2 fully saturated rings. The number of aromatic nitrogens is 4. The maximum atomic E-state index is 6.55. The largest absolute Gasteiger partial charge is 0.494 e. The van der Waals surface area contributed by atoms with E-state index in [0.29, 0.717) is 17.6 Å². The molecule has 2 aromatic heterocycles. The highest BCUT2D eigenvalue weighted by atomic mass is 16.7. The van der Waals surface area contributed by atoms with Crippen molar-refractivity contribution in [3.05, 3.63) is 255 Å². The van der Waals surface area contributed by atoms with Crippen LogP contribution in [0.5, 0.6) is 0 Å². The lowest BCUT2D eigenvalue weighted by Crippen LogP contribution is -2.41. The van der Waals surface area contributed by atoms with Crippen LogP contribution in [0.4, 0.5) is 34.1 Å². The van der Waals surface area contributed by atoms with Crippen molar-refractivity contribution in [2.24, 2.45) is 0 Å². The maximum absolute atomic E-state index is 6.55. The molecular formula is C75H66B2N6O4. The third kappa shape index (κ3) is 10.4. The first-order valence-electron chi connectivity index (χ1n) is 29.8. The van der Waals surface area contributed by atoms with Crippen LogP contribution in [0.15, 0.2) is 255 Å².